The van der Waals surface area contributed by atoms with Crippen molar-refractivity contribution in [3.8, 4) is 11.4 Å². The number of rotatable bonds is 5. The lowest BCUT2D eigenvalue weighted by molar-refractivity contribution is -0.384. The van der Waals surface area contributed by atoms with Gasteiger partial charge >= 0.3 is 5.97 Å². The summed E-state index contributed by atoms with van der Waals surface area (Å²) in [5, 5.41) is 11.1. The van der Waals surface area contributed by atoms with E-state index in [4.69, 9.17) is 4.74 Å². The monoisotopic (exact) mass is 398 g/mol. The first-order chi connectivity index (χ1) is 13.7. The van der Waals surface area contributed by atoms with Gasteiger partial charge in [0, 0.05) is 42.5 Å². The van der Waals surface area contributed by atoms with Crippen LogP contribution in [0, 0.1) is 28.4 Å². The predicted molar refractivity (Wildman–Crippen MR) is 110 cm³/mol. The van der Waals surface area contributed by atoms with Crippen molar-refractivity contribution in [2.24, 2.45) is 11.3 Å². The van der Waals surface area contributed by atoms with Crippen molar-refractivity contribution >= 4 is 17.5 Å². The summed E-state index contributed by atoms with van der Waals surface area (Å²) >= 11 is 0. The zero-order chi connectivity index (χ0) is 21.2. The molecule has 154 valence electrons. The molecule has 1 fully saturated rings. The topological polar surface area (TPSA) is 98.5 Å². The summed E-state index contributed by atoms with van der Waals surface area (Å²) in [5.41, 5.74) is 0.809. The standard InChI is InChI=1S/C21H26N4O4/c1-14-11-18(23-19(22-14)15-7-5-9-17(12-15)25(27)28)24-10-6-8-16(13-24)21(2,3)20(26)29-4/h5,7,9,11-12,16H,6,8,10,13H2,1-4H3. The third-order valence-corrected chi connectivity index (χ3v) is 5.63. The quantitative estimate of drug-likeness (QED) is 0.429. The Labute approximate surface area is 170 Å². The highest BCUT2D eigenvalue weighted by Crippen LogP contribution is 2.36. The summed E-state index contributed by atoms with van der Waals surface area (Å²) in [6.45, 7) is 7.25. The molecule has 0 saturated carbocycles. The fraction of sp³-hybridized carbons (Fsp3) is 0.476. The van der Waals surface area contributed by atoms with Gasteiger partial charge in [-0.25, -0.2) is 9.97 Å². The van der Waals surface area contributed by atoms with Gasteiger partial charge in [0.15, 0.2) is 5.82 Å². The molecule has 1 atom stereocenters. The van der Waals surface area contributed by atoms with E-state index in [1.807, 2.05) is 26.8 Å². The minimum Gasteiger partial charge on any atom is -0.469 e. The number of carbonyl (C=O) groups excluding carboxylic acids is 1. The molecule has 1 aliphatic rings. The number of nitrogens with zero attached hydrogens (tertiary/aromatic N) is 4. The van der Waals surface area contributed by atoms with Crippen LogP contribution in [0.1, 0.15) is 32.4 Å². The number of non-ortho nitro benzene ring substituents is 1. The molecule has 2 aromatic rings. The number of aromatic nitrogens is 2. The molecular formula is C21H26N4O4. The Balaban J connectivity index is 1.91. The van der Waals surface area contributed by atoms with E-state index in [0.717, 1.165) is 30.9 Å². The Morgan fingerprint density at radius 1 is 1.31 bits per heavy atom. The number of benzene rings is 1. The number of anilines is 1. The SMILES string of the molecule is COC(=O)C(C)(C)C1CCCN(c2cc(C)nc(-c3cccc([N+](=O)[O-])c3)n2)C1. The number of ether oxygens (including phenoxy) is 1. The van der Waals surface area contributed by atoms with Crippen molar-refractivity contribution in [1.29, 1.82) is 0 Å². The summed E-state index contributed by atoms with van der Waals surface area (Å²) in [4.78, 5) is 34.2. The van der Waals surface area contributed by atoms with Gasteiger partial charge in [-0.15, -0.1) is 0 Å². The van der Waals surface area contributed by atoms with Crippen molar-refractivity contribution in [3.63, 3.8) is 0 Å². The van der Waals surface area contributed by atoms with Crippen molar-refractivity contribution in [1.82, 2.24) is 9.97 Å². The van der Waals surface area contributed by atoms with Crippen LogP contribution in [-0.2, 0) is 9.53 Å². The van der Waals surface area contributed by atoms with Crippen LogP contribution in [0.15, 0.2) is 30.3 Å². The Hall–Kier alpha value is -3.03. The molecule has 8 nitrogen and oxygen atoms in total. The highest BCUT2D eigenvalue weighted by Gasteiger charge is 2.40. The van der Waals surface area contributed by atoms with Crippen LogP contribution >= 0.6 is 0 Å². The number of nitro groups is 1. The van der Waals surface area contributed by atoms with Crippen molar-refractivity contribution in [3.05, 3.63) is 46.1 Å². The number of hydrogen-bond donors (Lipinski definition) is 0. The first-order valence-electron chi connectivity index (χ1n) is 9.66. The second kappa shape index (κ2) is 8.14. The molecule has 0 aliphatic carbocycles. The molecule has 0 spiro atoms. The van der Waals surface area contributed by atoms with Crippen LogP contribution in [-0.4, -0.2) is 41.1 Å². The van der Waals surface area contributed by atoms with E-state index in [0.29, 0.717) is 17.9 Å². The van der Waals surface area contributed by atoms with Gasteiger partial charge in [0.05, 0.1) is 17.4 Å². The van der Waals surface area contributed by atoms with Gasteiger partial charge in [-0.1, -0.05) is 12.1 Å². The van der Waals surface area contributed by atoms with Crippen molar-refractivity contribution < 1.29 is 14.5 Å². The average Bonchev–Trinajstić information content (AvgIpc) is 2.72. The lowest BCUT2D eigenvalue weighted by Gasteiger charge is -2.40. The Morgan fingerprint density at radius 3 is 2.76 bits per heavy atom. The number of hydrogen-bond acceptors (Lipinski definition) is 7. The Kier molecular flexibility index (Phi) is 5.81. The smallest absolute Gasteiger partial charge is 0.311 e. The molecule has 0 radical (unpaired) electrons. The normalized spacial score (nSPS) is 17.1. The van der Waals surface area contributed by atoms with Gasteiger partial charge in [0.25, 0.3) is 5.69 Å². The Morgan fingerprint density at radius 2 is 2.07 bits per heavy atom. The van der Waals surface area contributed by atoms with Crippen LogP contribution in [0.25, 0.3) is 11.4 Å². The van der Waals surface area contributed by atoms with E-state index in [-0.39, 0.29) is 17.6 Å². The third kappa shape index (κ3) is 4.36. The first-order valence-corrected chi connectivity index (χ1v) is 9.66. The van der Waals surface area contributed by atoms with Crippen molar-refractivity contribution in [2.45, 2.75) is 33.6 Å². The summed E-state index contributed by atoms with van der Waals surface area (Å²) in [6.07, 6.45) is 1.89. The molecule has 0 amide bonds. The molecule has 2 heterocycles. The fourth-order valence-electron chi connectivity index (χ4n) is 3.81. The van der Waals surface area contributed by atoms with Gasteiger partial charge < -0.3 is 9.64 Å². The van der Waals surface area contributed by atoms with Crippen molar-refractivity contribution in [2.75, 3.05) is 25.1 Å². The van der Waals surface area contributed by atoms with Crippen LogP contribution in [0.5, 0.6) is 0 Å². The molecule has 1 aliphatic heterocycles. The molecule has 29 heavy (non-hydrogen) atoms. The van der Waals surface area contributed by atoms with E-state index in [1.54, 1.807) is 12.1 Å². The van der Waals surface area contributed by atoms with E-state index in [9.17, 15) is 14.9 Å². The maximum Gasteiger partial charge on any atom is 0.311 e. The first kappa shape index (κ1) is 20.7. The molecule has 0 bridgehead atoms. The van der Waals surface area contributed by atoms with Crippen LogP contribution in [0.2, 0.25) is 0 Å². The molecule has 8 heteroatoms. The fourth-order valence-corrected chi connectivity index (χ4v) is 3.81. The van der Waals surface area contributed by atoms with E-state index < -0.39 is 10.3 Å². The maximum atomic E-state index is 12.2. The largest absolute Gasteiger partial charge is 0.469 e. The van der Waals surface area contributed by atoms with Gasteiger partial charge in [0.1, 0.15) is 5.82 Å². The summed E-state index contributed by atoms with van der Waals surface area (Å²) in [5.74, 6) is 1.16. The van der Waals surface area contributed by atoms with E-state index in [2.05, 4.69) is 14.9 Å². The molecule has 0 N–H and O–H groups in total. The zero-order valence-corrected chi connectivity index (χ0v) is 17.2. The maximum absolute atomic E-state index is 12.2. The highest BCUT2D eigenvalue weighted by atomic mass is 16.6. The van der Waals surface area contributed by atoms with Crippen LogP contribution < -0.4 is 4.90 Å². The molecule has 1 unspecified atom stereocenters. The molecule has 3 rings (SSSR count). The molecule has 1 aromatic heterocycles. The van der Waals surface area contributed by atoms with Gasteiger partial charge in [-0.2, -0.15) is 0 Å². The zero-order valence-electron chi connectivity index (χ0n) is 17.2. The summed E-state index contributed by atoms with van der Waals surface area (Å²) in [7, 11) is 1.42. The third-order valence-electron chi connectivity index (χ3n) is 5.63. The van der Waals surface area contributed by atoms with Gasteiger partial charge in [0.2, 0.25) is 0 Å². The number of carbonyl (C=O) groups is 1. The number of esters is 1. The second-order valence-corrected chi connectivity index (χ2v) is 8.00. The molecular weight excluding hydrogens is 372 g/mol. The molecule has 1 aromatic carbocycles. The minimum absolute atomic E-state index is 0.00650. The van der Waals surface area contributed by atoms with Gasteiger partial charge in [-0.3, -0.25) is 14.9 Å². The number of piperidine rings is 1. The lowest BCUT2D eigenvalue weighted by Crippen LogP contribution is -2.45. The second-order valence-electron chi connectivity index (χ2n) is 8.00. The van der Waals surface area contributed by atoms with E-state index in [1.165, 1.54) is 19.2 Å². The van der Waals surface area contributed by atoms with Gasteiger partial charge in [-0.05, 0) is 39.5 Å². The number of aryl methyl sites for hydroxylation is 1. The summed E-state index contributed by atoms with van der Waals surface area (Å²) in [6, 6.07) is 8.25. The highest BCUT2D eigenvalue weighted by molar-refractivity contribution is 5.76. The number of methoxy groups -OCH3 is 1. The number of nitro benzene ring substituents is 1. The molecule has 1 saturated heterocycles. The van der Waals surface area contributed by atoms with E-state index >= 15 is 0 Å². The average molecular weight is 398 g/mol. The predicted octanol–water partition coefficient (Wildman–Crippen LogP) is 3.78. The van der Waals surface area contributed by atoms with Crippen LogP contribution in [0.4, 0.5) is 11.5 Å². The summed E-state index contributed by atoms with van der Waals surface area (Å²) < 4.78 is 5.00. The Bertz CT molecular complexity index is 929. The lowest BCUT2D eigenvalue weighted by atomic mass is 9.74. The minimum atomic E-state index is -0.585. The van der Waals surface area contributed by atoms with Crippen LogP contribution in [0.3, 0.4) is 0 Å².